The van der Waals surface area contributed by atoms with Gasteiger partial charge in [0, 0.05) is 38.6 Å². The number of carbonyl (C=O) groups is 2. The van der Waals surface area contributed by atoms with E-state index in [2.05, 4.69) is 57.3 Å². The van der Waals surface area contributed by atoms with Gasteiger partial charge in [0.25, 0.3) is 11.4 Å². The summed E-state index contributed by atoms with van der Waals surface area (Å²) in [6, 6.07) is 15.2. The van der Waals surface area contributed by atoms with Crippen molar-refractivity contribution >= 4 is 57.8 Å². The molecule has 18 nitrogen and oxygen atoms in total. The maximum atomic E-state index is 12.2. The fraction of sp³-hybridized carbons (Fsp3) is 0.368. The molecule has 310 valence electrons. The molecule has 0 atom stereocenters. The summed E-state index contributed by atoms with van der Waals surface area (Å²) in [5, 5.41) is 36.1. The van der Waals surface area contributed by atoms with E-state index in [0.29, 0.717) is 34.4 Å². The van der Waals surface area contributed by atoms with Crippen LogP contribution in [0.4, 0.5) is 34.4 Å². The molecular formula is C38H53ClN10O8. The molecule has 2 heterocycles. The van der Waals surface area contributed by atoms with E-state index in [9.17, 15) is 29.8 Å². The van der Waals surface area contributed by atoms with E-state index >= 15 is 0 Å². The first-order valence-electron chi connectivity index (χ1n) is 17.7. The van der Waals surface area contributed by atoms with Crippen LogP contribution in [0, 0.1) is 20.2 Å². The Bertz CT molecular complexity index is 1880. The summed E-state index contributed by atoms with van der Waals surface area (Å²) in [6.45, 7) is 12.4. The zero-order valence-electron chi connectivity index (χ0n) is 32.3. The van der Waals surface area contributed by atoms with Crippen molar-refractivity contribution in [2.45, 2.75) is 41.5 Å². The number of hydrogen-bond acceptors (Lipinski definition) is 14. The third-order valence-electron chi connectivity index (χ3n) is 7.32. The molecule has 57 heavy (non-hydrogen) atoms. The monoisotopic (exact) mass is 812 g/mol. The maximum absolute atomic E-state index is 12.2. The third-order valence-corrected chi connectivity index (χ3v) is 7.56. The van der Waals surface area contributed by atoms with Crippen molar-refractivity contribution in [2.75, 3.05) is 74.0 Å². The number of alkyl halides is 1. The minimum atomic E-state index is -0.503. The molecule has 4 rings (SSSR count). The minimum Gasteiger partial charge on any atom is -0.457 e. The maximum Gasteiger partial charge on any atom is 0.296 e. The molecule has 0 saturated heterocycles. The van der Waals surface area contributed by atoms with Gasteiger partial charge in [0.1, 0.15) is 51.9 Å². The van der Waals surface area contributed by atoms with Crippen LogP contribution >= 0.6 is 11.6 Å². The van der Waals surface area contributed by atoms with E-state index in [-0.39, 0.29) is 48.7 Å². The SMILES string of the molecule is C.CCCN(CC)CC(=O)Nc1cc(Oc2ccc(NC)c([N+](=O)[O-])c2)ccn1.CCNCC.CNc1ccc(Oc2ccnc(NC(=O)CCl)c2)cc1[N+](=O)[O-]. The molecule has 0 aliphatic rings. The highest BCUT2D eigenvalue weighted by atomic mass is 35.5. The number of nitro groups is 2. The summed E-state index contributed by atoms with van der Waals surface area (Å²) in [4.78, 5) is 54.8. The highest BCUT2D eigenvalue weighted by Gasteiger charge is 2.16. The number of pyridine rings is 2. The van der Waals surface area contributed by atoms with Crippen LogP contribution in [0.5, 0.6) is 23.0 Å². The summed E-state index contributed by atoms with van der Waals surface area (Å²) in [7, 11) is 3.21. The van der Waals surface area contributed by atoms with Gasteiger partial charge in [-0.2, -0.15) is 0 Å². The van der Waals surface area contributed by atoms with Crippen LogP contribution in [0.25, 0.3) is 0 Å². The van der Waals surface area contributed by atoms with Crippen molar-refractivity contribution in [3.05, 3.63) is 93.3 Å². The molecule has 0 fully saturated rings. The van der Waals surface area contributed by atoms with Crippen LogP contribution in [0.15, 0.2) is 73.1 Å². The summed E-state index contributed by atoms with van der Waals surface area (Å²) in [5.74, 6) is 1.27. The molecule has 0 spiro atoms. The summed E-state index contributed by atoms with van der Waals surface area (Å²) in [5.41, 5.74) is 0.590. The van der Waals surface area contributed by atoms with E-state index in [1.165, 1.54) is 30.6 Å². The highest BCUT2D eigenvalue weighted by molar-refractivity contribution is 6.29. The molecule has 2 aromatic heterocycles. The van der Waals surface area contributed by atoms with Gasteiger partial charge in [-0.3, -0.25) is 34.7 Å². The Morgan fingerprint density at radius 2 is 1.16 bits per heavy atom. The van der Waals surface area contributed by atoms with Gasteiger partial charge in [-0.05, 0) is 69.0 Å². The molecule has 2 amide bonds. The molecule has 0 saturated carbocycles. The van der Waals surface area contributed by atoms with E-state index in [0.717, 1.165) is 32.6 Å². The Morgan fingerprint density at radius 3 is 1.51 bits per heavy atom. The lowest BCUT2D eigenvalue weighted by Gasteiger charge is -2.18. The van der Waals surface area contributed by atoms with Crippen molar-refractivity contribution in [1.29, 1.82) is 0 Å². The Morgan fingerprint density at radius 1 is 0.719 bits per heavy atom. The van der Waals surface area contributed by atoms with Crippen LogP contribution in [0.2, 0.25) is 0 Å². The first-order chi connectivity index (χ1) is 26.9. The van der Waals surface area contributed by atoms with Crippen LogP contribution in [-0.2, 0) is 9.59 Å². The standard InChI is InChI=1S/C19H25N5O4.C14H13ClN4O4.C4H11N.CH4/c1-4-10-23(5-2)13-19(25)22-18-12-15(8-9-21-18)28-14-6-7-16(20-3)17(11-14)24(26)27;1-16-11-3-2-9(6-12(11)19(21)22)23-10-4-5-17-13(7-10)18-14(20)8-15;1-3-5-4-2;/h6-9,11-12,20H,4-5,10,13H2,1-3H3,(H,21,22,25);2-7,16H,8H2,1H3,(H,17,18,20);5H,3-4H2,1-2H3;1H4. The van der Waals surface area contributed by atoms with Gasteiger partial charge in [0.2, 0.25) is 11.8 Å². The number of hydrogen-bond donors (Lipinski definition) is 5. The van der Waals surface area contributed by atoms with Crippen LogP contribution < -0.4 is 36.1 Å². The van der Waals surface area contributed by atoms with Crippen LogP contribution in [0.3, 0.4) is 0 Å². The number of nitrogens with one attached hydrogen (secondary N) is 5. The van der Waals surface area contributed by atoms with Gasteiger partial charge < -0.3 is 36.1 Å². The Kier molecular flexibility index (Phi) is 22.9. The van der Waals surface area contributed by atoms with Crippen LogP contribution in [0.1, 0.15) is 41.5 Å². The van der Waals surface area contributed by atoms with Gasteiger partial charge in [-0.15, -0.1) is 11.6 Å². The average Bonchev–Trinajstić information content (AvgIpc) is 3.18. The first-order valence-corrected chi connectivity index (χ1v) is 18.2. The lowest BCUT2D eigenvalue weighted by molar-refractivity contribution is -0.384. The molecule has 0 unspecified atom stereocenters. The van der Waals surface area contributed by atoms with Crippen molar-refractivity contribution in [2.24, 2.45) is 0 Å². The Balaban J connectivity index is 0.000000508. The van der Waals surface area contributed by atoms with Gasteiger partial charge >= 0.3 is 0 Å². The molecule has 5 N–H and O–H groups in total. The number of benzene rings is 2. The minimum absolute atomic E-state index is 0. The van der Waals surface area contributed by atoms with Gasteiger partial charge in [-0.25, -0.2) is 9.97 Å². The number of amides is 2. The fourth-order valence-electron chi connectivity index (χ4n) is 4.71. The number of nitro benzene ring substituents is 2. The number of aromatic nitrogens is 2. The predicted octanol–water partition coefficient (Wildman–Crippen LogP) is 7.75. The normalized spacial score (nSPS) is 9.96. The predicted molar refractivity (Wildman–Crippen MR) is 225 cm³/mol. The largest absolute Gasteiger partial charge is 0.457 e. The molecule has 2 aromatic carbocycles. The van der Waals surface area contributed by atoms with E-state index in [1.807, 2.05) is 11.8 Å². The molecule has 0 aliphatic carbocycles. The smallest absolute Gasteiger partial charge is 0.296 e. The number of carbonyl (C=O) groups excluding carboxylic acids is 2. The lowest BCUT2D eigenvalue weighted by Crippen LogP contribution is -2.33. The second-order valence-corrected chi connectivity index (χ2v) is 11.7. The third kappa shape index (κ3) is 17.5. The lowest BCUT2D eigenvalue weighted by atomic mass is 10.2. The second-order valence-electron chi connectivity index (χ2n) is 11.4. The Hall–Kier alpha value is -6.11. The van der Waals surface area contributed by atoms with Crippen molar-refractivity contribution in [1.82, 2.24) is 20.2 Å². The zero-order valence-corrected chi connectivity index (χ0v) is 33.0. The summed E-state index contributed by atoms with van der Waals surface area (Å²) < 4.78 is 11.3. The number of halogens is 1. The van der Waals surface area contributed by atoms with Crippen molar-refractivity contribution in [3.63, 3.8) is 0 Å². The van der Waals surface area contributed by atoms with Gasteiger partial charge in [0.15, 0.2) is 0 Å². The number of anilines is 4. The topological polar surface area (TPSA) is 228 Å². The fourth-order valence-corrected chi connectivity index (χ4v) is 4.78. The molecular weight excluding hydrogens is 760 g/mol. The number of rotatable bonds is 18. The summed E-state index contributed by atoms with van der Waals surface area (Å²) in [6.07, 6.45) is 3.92. The van der Waals surface area contributed by atoms with E-state index in [1.54, 1.807) is 56.6 Å². The molecule has 0 bridgehead atoms. The highest BCUT2D eigenvalue weighted by Crippen LogP contribution is 2.33. The number of nitrogens with zero attached hydrogens (tertiary/aromatic N) is 5. The van der Waals surface area contributed by atoms with Crippen molar-refractivity contribution in [3.8, 4) is 23.0 Å². The van der Waals surface area contributed by atoms with Crippen LogP contribution in [-0.4, -0.2) is 89.2 Å². The van der Waals surface area contributed by atoms with E-state index in [4.69, 9.17) is 21.1 Å². The molecule has 19 heteroatoms. The molecule has 0 radical (unpaired) electrons. The van der Waals surface area contributed by atoms with Gasteiger partial charge in [-0.1, -0.05) is 35.1 Å². The average molecular weight is 813 g/mol. The Labute approximate surface area is 338 Å². The van der Waals surface area contributed by atoms with Gasteiger partial charge in [0.05, 0.1) is 28.5 Å². The molecule has 4 aromatic rings. The number of ether oxygens (including phenoxy) is 2. The quantitative estimate of drug-likeness (QED) is 0.0368. The zero-order chi connectivity index (χ0) is 41.5. The van der Waals surface area contributed by atoms with Crippen molar-refractivity contribution < 1.29 is 28.9 Å². The first kappa shape index (κ1) is 48.9. The number of likely N-dealkylation sites (N-methyl/N-ethyl adjacent to an activating group) is 1. The second kappa shape index (κ2) is 26.7. The molecule has 0 aliphatic heterocycles. The summed E-state index contributed by atoms with van der Waals surface area (Å²) >= 11 is 5.41. The van der Waals surface area contributed by atoms with E-state index < -0.39 is 15.8 Å².